The van der Waals surface area contributed by atoms with Crippen LogP contribution in [0.1, 0.15) is 5.56 Å². The molecule has 2 aromatic carbocycles. The molecule has 0 aliphatic heterocycles. The fourth-order valence-electron chi connectivity index (χ4n) is 3.02. The van der Waals surface area contributed by atoms with Crippen molar-refractivity contribution < 1.29 is 14.3 Å². The lowest BCUT2D eigenvalue weighted by Crippen LogP contribution is -2.14. The second-order valence-electron chi connectivity index (χ2n) is 6.57. The van der Waals surface area contributed by atoms with E-state index in [1.54, 1.807) is 43.1 Å². The van der Waals surface area contributed by atoms with Gasteiger partial charge in [-0.1, -0.05) is 29.8 Å². The summed E-state index contributed by atoms with van der Waals surface area (Å²) in [6.07, 6.45) is 2.02. The number of imidazole rings is 1. The number of aromatic nitrogens is 3. The van der Waals surface area contributed by atoms with Gasteiger partial charge in [-0.15, -0.1) is 5.10 Å². The second-order valence-corrected chi connectivity index (χ2v) is 6.98. The highest BCUT2D eigenvalue weighted by Gasteiger charge is 2.12. The first kappa shape index (κ1) is 19.7. The van der Waals surface area contributed by atoms with Crippen LogP contribution < -0.4 is 14.8 Å². The van der Waals surface area contributed by atoms with Crippen molar-refractivity contribution in [2.45, 2.75) is 6.42 Å². The number of nitrogens with zero attached hydrogens (tertiary/aromatic N) is 3. The number of carbonyl (C=O) groups excluding carboxylic acids is 1. The van der Waals surface area contributed by atoms with Gasteiger partial charge in [0.05, 0.1) is 43.2 Å². The Kier molecular flexibility index (Phi) is 5.54. The van der Waals surface area contributed by atoms with E-state index >= 15 is 0 Å². The van der Waals surface area contributed by atoms with E-state index in [9.17, 15) is 4.79 Å². The lowest BCUT2D eigenvalue weighted by Gasteiger charge is -2.09. The third-order valence-corrected chi connectivity index (χ3v) is 4.89. The Balaban J connectivity index is 1.54. The molecule has 0 aliphatic rings. The van der Waals surface area contributed by atoms with Crippen LogP contribution in [0.3, 0.4) is 0 Å². The first-order chi connectivity index (χ1) is 14.6. The number of hydrogen-bond donors (Lipinski definition) is 1. The Morgan fingerprint density at radius 1 is 1.07 bits per heavy atom. The fourth-order valence-corrected chi connectivity index (χ4v) is 3.18. The van der Waals surface area contributed by atoms with Gasteiger partial charge in [0.15, 0.2) is 5.65 Å². The number of rotatable bonds is 6. The average molecular weight is 423 g/mol. The average Bonchev–Trinajstić information content (AvgIpc) is 3.19. The number of benzene rings is 2. The zero-order chi connectivity index (χ0) is 21.1. The van der Waals surface area contributed by atoms with Crippen molar-refractivity contribution in [3.05, 3.63) is 71.4 Å². The quantitative estimate of drug-likeness (QED) is 0.502. The van der Waals surface area contributed by atoms with Gasteiger partial charge < -0.3 is 14.8 Å². The van der Waals surface area contributed by atoms with Crippen molar-refractivity contribution in [3.8, 4) is 22.9 Å². The molecule has 0 saturated heterocycles. The molecule has 0 unspecified atom stereocenters. The highest BCUT2D eigenvalue weighted by molar-refractivity contribution is 6.33. The van der Waals surface area contributed by atoms with Gasteiger partial charge in [-0.05, 0) is 35.9 Å². The number of halogens is 1. The number of carbonyl (C=O) groups is 1. The largest absolute Gasteiger partial charge is 0.497 e. The molecule has 1 amide bonds. The number of nitrogens with one attached hydrogen (secondary N) is 1. The van der Waals surface area contributed by atoms with Crippen LogP contribution in [0.15, 0.2) is 60.8 Å². The minimum Gasteiger partial charge on any atom is -0.497 e. The molecule has 8 heteroatoms. The fraction of sp³-hybridized carbons (Fsp3) is 0.136. The van der Waals surface area contributed by atoms with E-state index in [1.807, 2.05) is 36.4 Å². The van der Waals surface area contributed by atoms with Crippen molar-refractivity contribution in [1.29, 1.82) is 0 Å². The molecule has 0 aliphatic carbocycles. The molecule has 2 aromatic heterocycles. The number of methoxy groups -OCH3 is 2. The zero-order valence-corrected chi connectivity index (χ0v) is 17.2. The van der Waals surface area contributed by atoms with Crippen LogP contribution in [-0.4, -0.2) is 34.7 Å². The summed E-state index contributed by atoms with van der Waals surface area (Å²) in [6, 6.07) is 16.3. The molecular formula is C22H19ClN4O3. The lowest BCUT2D eigenvalue weighted by atomic mass is 10.1. The van der Waals surface area contributed by atoms with E-state index < -0.39 is 0 Å². The van der Waals surface area contributed by atoms with Crippen molar-refractivity contribution in [1.82, 2.24) is 14.6 Å². The van der Waals surface area contributed by atoms with Gasteiger partial charge in [-0.25, -0.2) is 9.50 Å². The molecule has 4 aromatic rings. The first-order valence-corrected chi connectivity index (χ1v) is 9.56. The van der Waals surface area contributed by atoms with Gasteiger partial charge in [0.25, 0.3) is 0 Å². The summed E-state index contributed by atoms with van der Waals surface area (Å²) < 4.78 is 11.9. The van der Waals surface area contributed by atoms with Crippen LogP contribution in [0.25, 0.3) is 16.9 Å². The molecule has 30 heavy (non-hydrogen) atoms. The van der Waals surface area contributed by atoms with Gasteiger partial charge in [0.2, 0.25) is 11.8 Å². The minimum atomic E-state index is -0.166. The Morgan fingerprint density at radius 2 is 1.87 bits per heavy atom. The Morgan fingerprint density at radius 3 is 2.60 bits per heavy atom. The third kappa shape index (κ3) is 4.21. The summed E-state index contributed by atoms with van der Waals surface area (Å²) in [4.78, 5) is 17.1. The summed E-state index contributed by atoms with van der Waals surface area (Å²) in [6.45, 7) is 0. The van der Waals surface area contributed by atoms with Crippen molar-refractivity contribution in [2.75, 3.05) is 19.5 Å². The van der Waals surface area contributed by atoms with E-state index in [2.05, 4.69) is 15.4 Å². The maximum Gasteiger partial charge on any atom is 0.231 e. The summed E-state index contributed by atoms with van der Waals surface area (Å²) in [5, 5.41) is 7.64. The van der Waals surface area contributed by atoms with Gasteiger partial charge in [0.1, 0.15) is 5.75 Å². The van der Waals surface area contributed by atoms with E-state index in [0.29, 0.717) is 27.9 Å². The Labute approximate surface area is 178 Å². The molecule has 0 atom stereocenters. The highest BCUT2D eigenvalue weighted by Crippen LogP contribution is 2.29. The second kappa shape index (κ2) is 8.42. The molecule has 1 N–H and O–H groups in total. The molecule has 0 fully saturated rings. The normalized spacial score (nSPS) is 10.8. The van der Waals surface area contributed by atoms with E-state index in [-0.39, 0.29) is 12.3 Å². The van der Waals surface area contributed by atoms with Crippen LogP contribution in [-0.2, 0) is 11.2 Å². The monoisotopic (exact) mass is 422 g/mol. The number of fused-ring (bicyclic) bond motifs is 1. The molecule has 7 nitrogen and oxygen atoms in total. The predicted octanol–water partition coefficient (Wildman–Crippen LogP) is 4.25. The Hall–Kier alpha value is -3.58. The number of hydrogen-bond acceptors (Lipinski definition) is 5. The molecule has 0 saturated carbocycles. The predicted molar refractivity (Wildman–Crippen MR) is 115 cm³/mol. The molecule has 0 bridgehead atoms. The molecule has 0 spiro atoms. The van der Waals surface area contributed by atoms with Crippen molar-refractivity contribution in [2.24, 2.45) is 0 Å². The van der Waals surface area contributed by atoms with Crippen molar-refractivity contribution in [3.63, 3.8) is 0 Å². The van der Waals surface area contributed by atoms with Crippen molar-refractivity contribution >= 4 is 28.8 Å². The molecular weight excluding hydrogens is 404 g/mol. The highest BCUT2D eigenvalue weighted by atomic mass is 35.5. The zero-order valence-electron chi connectivity index (χ0n) is 16.4. The molecule has 0 radical (unpaired) electrons. The molecule has 152 valence electrons. The van der Waals surface area contributed by atoms with E-state index in [0.717, 1.165) is 16.9 Å². The number of ether oxygens (including phenoxy) is 2. The summed E-state index contributed by atoms with van der Waals surface area (Å²) in [5.74, 6) is 1.07. The van der Waals surface area contributed by atoms with Crippen LogP contribution >= 0.6 is 11.6 Å². The number of amides is 1. The summed E-state index contributed by atoms with van der Waals surface area (Å²) in [7, 11) is 3.17. The number of anilines is 1. The van der Waals surface area contributed by atoms with Crippen LogP contribution in [0.2, 0.25) is 5.02 Å². The minimum absolute atomic E-state index is 0.166. The lowest BCUT2D eigenvalue weighted by molar-refractivity contribution is -0.115. The SMILES string of the molecule is COc1ccc(CC(=O)Nc2cc(-c3cn4nc(OC)ccc4n3)ccc2Cl)cc1. The first-order valence-electron chi connectivity index (χ1n) is 9.19. The summed E-state index contributed by atoms with van der Waals surface area (Å²) >= 11 is 6.30. The van der Waals surface area contributed by atoms with E-state index in [4.69, 9.17) is 21.1 Å². The maximum atomic E-state index is 12.5. The molecule has 2 heterocycles. The van der Waals surface area contributed by atoms with Crippen LogP contribution in [0.4, 0.5) is 5.69 Å². The third-order valence-electron chi connectivity index (χ3n) is 4.56. The van der Waals surface area contributed by atoms with Crippen LogP contribution in [0.5, 0.6) is 11.6 Å². The van der Waals surface area contributed by atoms with E-state index in [1.165, 1.54) is 0 Å². The Bertz CT molecular complexity index is 1200. The van der Waals surface area contributed by atoms with Gasteiger partial charge in [-0.3, -0.25) is 4.79 Å². The summed E-state index contributed by atoms with van der Waals surface area (Å²) in [5.41, 5.74) is 3.60. The van der Waals surface area contributed by atoms with Gasteiger partial charge in [-0.2, -0.15) is 0 Å². The molecule has 4 rings (SSSR count). The van der Waals surface area contributed by atoms with Gasteiger partial charge >= 0.3 is 0 Å². The standard InChI is InChI=1S/C22H19ClN4O3/c1-29-16-6-3-14(4-7-16)11-21(28)25-18-12-15(5-8-17(18)23)19-13-27-20(24-19)9-10-22(26-27)30-2/h3-10,12-13H,11H2,1-2H3,(H,25,28). The van der Waals surface area contributed by atoms with Gasteiger partial charge in [0, 0.05) is 11.6 Å². The smallest absolute Gasteiger partial charge is 0.231 e. The van der Waals surface area contributed by atoms with Crippen LogP contribution in [0, 0.1) is 0 Å². The topological polar surface area (TPSA) is 77.8 Å². The maximum absolute atomic E-state index is 12.5.